The molecule has 3 nitrogen and oxygen atoms in total. The summed E-state index contributed by atoms with van der Waals surface area (Å²) < 4.78 is 28.7. The zero-order valence-corrected chi connectivity index (χ0v) is 12.0. The van der Waals surface area contributed by atoms with Crippen molar-refractivity contribution in [2.45, 2.75) is 25.9 Å². The van der Waals surface area contributed by atoms with E-state index in [4.69, 9.17) is 5.73 Å². The molecular formula is C13H14BrF2N3. The van der Waals surface area contributed by atoms with Crippen molar-refractivity contribution >= 4 is 15.9 Å². The molecule has 0 aliphatic carbocycles. The van der Waals surface area contributed by atoms with Crippen LogP contribution in [0.5, 0.6) is 0 Å². The van der Waals surface area contributed by atoms with Gasteiger partial charge in [0.15, 0.2) is 11.6 Å². The van der Waals surface area contributed by atoms with E-state index in [-0.39, 0.29) is 0 Å². The van der Waals surface area contributed by atoms with Crippen molar-refractivity contribution < 1.29 is 8.78 Å². The van der Waals surface area contributed by atoms with Crippen molar-refractivity contribution in [2.75, 3.05) is 0 Å². The van der Waals surface area contributed by atoms with Crippen LogP contribution in [0.4, 0.5) is 8.78 Å². The number of halogens is 3. The van der Waals surface area contributed by atoms with Crippen LogP contribution in [-0.2, 0) is 6.54 Å². The summed E-state index contributed by atoms with van der Waals surface area (Å²) in [5.41, 5.74) is 7.40. The molecule has 1 aromatic heterocycles. The van der Waals surface area contributed by atoms with E-state index in [2.05, 4.69) is 21.0 Å². The quantitative estimate of drug-likeness (QED) is 0.934. The van der Waals surface area contributed by atoms with Crippen LogP contribution in [0.15, 0.2) is 28.9 Å². The van der Waals surface area contributed by atoms with Crippen LogP contribution in [0.1, 0.15) is 30.6 Å². The summed E-state index contributed by atoms with van der Waals surface area (Å²) in [6.07, 6.45) is 2.57. The second-order valence-electron chi connectivity index (χ2n) is 4.25. The zero-order valence-electron chi connectivity index (χ0n) is 10.4. The van der Waals surface area contributed by atoms with E-state index >= 15 is 0 Å². The summed E-state index contributed by atoms with van der Waals surface area (Å²) in [4.78, 5) is 0. The minimum absolute atomic E-state index is 0.512. The van der Waals surface area contributed by atoms with Crippen molar-refractivity contribution in [1.82, 2.24) is 9.78 Å². The normalized spacial score (nSPS) is 12.7. The second kappa shape index (κ2) is 5.79. The molecule has 1 aromatic carbocycles. The van der Waals surface area contributed by atoms with Crippen LogP contribution < -0.4 is 5.73 Å². The molecule has 0 fully saturated rings. The van der Waals surface area contributed by atoms with Gasteiger partial charge in [-0.05, 0) is 40.0 Å². The number of benzene rings is 1. The van der Waals surface area contributed by atoms with Crippen molar-refractivity contribution in [3.05, 3.63) is 51.8 Å². The first-order chi connectivity index (χ1) is 9.04. The first-order valence-corrected chi connectivity index (χ1v) is 6.75. The number of nitrogens with two attached hydrogens (primary N) is 1. The summed E-state index contributed by atoms with van der Waals surface area (Å²) in [7, 11) is 0. The van der Waals surface area contributed by atoms with Crippen molar-refractivity contribution in [1.29, 1.82) is 0 Å². The van der Waals surface area contributed by atoms with Crippen molar-refractivity contribution in [2.24, 2.45) is 5.73 Å². The van der Waals surface area contributed by atoms with Crippen molar-refractivity contribution in [3.8, 4) is 0 Å². The summed E-state index contributed by atoms with van der Waals surface area (Å²) in [6, 6.07) is 3.13. The van der Waals surface area contributed by atoms with Gasteiger partial charge < -0.3 is 5.73 Å². The van der Waals surface area contributed by atoms with E-state index in [1.165, 1.54) is 6.07 Å². The van der Waals surface area contributed by atoms with Crippen molar-refractivity contribution in [3.63, 3.8) is 0 Å². The third-order valence-electron chi connectivity index (χ3n) is 2.87. The molecular weight excluding hydrogens is 316 g/mol. The molecule has 0 amide bonds. The van der Waals surface area contributed by atoms with Gasteiger partial charge in [0.1, 0.15) is 0 Å². The van der Waals surface area contributed by atoms with E-state index < -0.39 is 17.7 Å². The standard InChI is InChI=1S/C13H14BrF2N3/c1-2-5-19-13(9(14)7-18-19)12(17)8-3-4-10(15)11(16)6-8/h3-4,6-7,12H,2,5,17H2,1H3. The van der Waals surface area contributed by atoms with E-state index in [1.807, 2.05) is 6.92 Å². The highest BCUT2D eigenvalue weighted by Crippen LogP contribution is 2.27. The molecule has 2 rings (SSSR count). The summed E-state index contributed by atoms with van der Waals surface area (Å²) in [6.45, 7) is 2.75. The summed E-state index contributed by atoms with van der Waals surface area (Å²) >= 11 is 3.39. The lowest BCUT2D eigenvalue weighted by molar-refractivity contribution is 0.504. The number of aromatic nitrogens is 2. The maximum absolute atomic E-state index is 13.3. The Morgan fingerprint density at radius 1 is 1.37 bits per heavy atom. The number of hydrogen-bond acceptors (Lipinski definition) is 2. The molecule has 2 aromatic rings. The Kier molecular flexibility index (Phi) is 4.31. The first-order valence-electron chi connectivity index (χ1n) is 5.96. The van der Waals surface area contributed by atoms with Gasteiger partial charge in [-0.2, -0.15) is 5.10 Å². The number of nitrogens with zero attached hydrogens (tertiary/aromatic N) is 2. The van der Waals surface area contributed by atoms with Gasteiger partial charge in [0.2, 0.25) is 0 Å². The van der Waals surface area contributed by atoms with Gasteiger partial charge in [0, 0.05) is 6.54 Å². The lowest BCUT2D eigenvalue weighted by Crippen LogP contribution is -2.18. The van der Waals surface area contributed by atoms with Crippen LogP contribution in [0.2, 0.25) is 0 Å². The van der Waals surface area contributed by atoms with Gasteiger partial charge in [-0.1, -0.05) is 13.0 Å². The Morgan fingerprint density at radius 2 is 2.11 bits per heavy atom. The average molecular weight is 330 g/mol. The zero-order chi connectivity index (χ0) is 14.0. The molecule has 0 bridgehead atoms. The number of hydrogen-bond donors (Lipinski definition) is 1. The second-order valence-corrected chi connectivity index (χ2v) is 5.11. The van der Waals surface area contributed by atoms with E-state index in [9.17, 15) is 8.78 Å². The fourth-order valence-electron chi connectivity index (χ4n) is 1.93. The fourth-order valence-corrected chi connectivity index (χ4v) is 2.48. The van der Waals surface area contributed by atoms with E-state index in [0.29, 0.717) is 5.56 Å². The maximum Gasteiger partial charge on any atom is 0.159 e. The van der Waals surface area contributed by atoms with Gasteiger partial charge in [0.25, 0.3) is 0 Å². The molecule has 102 valence electrons. The average Bonchev–Trinajstić information content (AvgIpc) is 2.74. The largest absolute Gasteiger partial charge is 0.319 e. The summed E-state index contributed by atoms with van der Waals surface area (Å²) in [5.74, 6) is -1.78. The van der Waals surface area contributed by atoms with E-state index in [0.717, 1.165) is 35.3 Å². The van der Waals surface area contributed by atoms with Crippen LogP contribution >= 0.6 is 15.9 Å². The number of rotatable bonds is 4. The highest BCUT2D eigenvalue weighted by Gasteiger charge is 2.19. The van der Waals surface area contributed by atoms with Crippen LogP contribution in [0, 0.1) is 11.6 Å². The Hall–Kier alpha value is -1.27. The van der Waals surface area contributed by atoms with Gasteiger partial charge in [-0.25, -0.2) is 8.78 Å². The molecule has 0 radical (unpaired) electrons. The van der Waals surface area contributed by atoms with E-state index in [1.54, 1.807) is 10.9 Å². The SMILES string of the molecule is CCCn1ncc(Br)c1C(N)c1ccc(F)c(F)c1. The molecule has 1 unspecified atom stereocenters. The molecule has 6 heteroatoms. The molecule has 0 saturated heterocycles. The smallest absolute Gasteiger partial charge is 0.159 e. The molecule has 2 N–H and O–H groups in total. The highest BCUT2D eigenvalue weighted by molar-refractivity contribution is 9.10. The molecule has 1 atom stereocenters. The van der Waals surface area contributed by atoms with Gasteiger partial charge in [-0.3, -0.25) is 4.68 Å². The van der Waals surface area contributed by atoms with Gasteiger partial charge in [-0.15, -0.1) is 0 Å². The monoisotopic (exact) mass is 329 g/mol. The van der Waals surface area contributed by atoms with Gasteiger partial charge >= 0.3 is 0 Å². The Bertz CT molecular complexity index is 583. The Labute approximate surface area is 118 Å². The van der Waals surface area contributed by atoms with Crippen LogP contribution in [0.25, 0.3) is 0 Å². The predicted octanol–water partition coefficient (Wildman–Crippen LogP) is 3.38. The first kappa shape index (κ1) is 14.1. The third kappa shape index (κ3) is 2.84. The minimum Gasteiger partial charge on any atom is -0.319 e. The van der Waals surface area contributed by atoms with Crippen LogP contribution in [0.3, 0.4) is 0 Å². The topological polar surface area (TPSA) is 43.8 Å². The Morgan fingerprint density at radius 3 is 2.74 bits per heavy atom. The molecule has 0 aliphatic heterocycles. The highest BCUT2D eigenvalue weighted by atomic mass is 79.9. The summed E-state index contributed by atoms with van der Waals surface area (Å²) in [5, 5.41) is 4.21. The van der Waals surface area contributed by atoms with Gasteiger partial charge in [0.05, 0.1) is 22.4 Å². The molecule has 19 heavy (non-hydrogen) atoms. The molecule has 0 saturated carbocycles. The molecule has 0 spiro atoms. The lowest BCUT2D eigenvalue weighted by atomic mass is 10.0. The molecule has 0 aliphatic rings. The fraction of sp³-hybridized carbons (Fsp3) is 0.308. The lowest BCUT2D eigenvalue weighted by Gasteiger charge is -2.15. The van der Waals surface area contributed by atoms with Crippen LogP contribution in [-0.4, -0.2) is 9.78 Å². The third-order valence-corrected chi connectivity index (χ3v) is 3.48. The Balaban J connectivity index is 2.40. The minimum atomic E-state index is -0.898. The molecule has 1 heterocycles. The maximum atomic E-state index is 13.3. The predicted molar refractivity (Wildman–Crippen MR) is 72.6 cm³/mol. The number of aryl methyl sites for hydroxylation is 1.